The van der Waals surface area contributed by atoms with Gasteiger partial charge in [0.15, 0.2) is 0 Å². The van der Waals surface area contributed by atoms with Gasteiger partial charge in [0.25, 0.3) is 5.91 Å². The van der Waals surface area contributed by atoms with E-state index >= 15 is 0 Å². The van der Waals surface area contributed by atoms with Crippen LogP contribution in [0.1, 0.15) is 20.9 Å². The molecule has 2 aromatic carbocycles. The first-order chi connectivity index (χ1) is 13.2. The molecule has 0 spiro atoms. The lowest BCUT2D eigenvalue weighted by Gasteiger charge is -2.06. The van der Waals surface area contributed by atoms with Gasteiger partial charge in [-0.15, -0.1) is 11.3 Å². The number of amides is 1. The number of aryl methyl sites for hydroxylation is 1. The molecule has 0 saturated carbocycles. The molecular weight excluding hydrogens is 356 g/mol. The van der Waals surface area contributed by atoms with Gasteiger partial charge in [-0.2, -0.15) is 5.10 Å². The maximum Gasteiger partial charge on any atom is 0.265 e. The number of aromatic nitrogens is 2. The van der Waals surface area contributed by atoms with Crippen LogP contribution in [0.4, 0.5) is 11.4 Å². The zero-order chi connectivity index (χ0) is 18.4. The molecule has 3 heterocycles. The van der Waals surface area contributed by atoms with Gasteiger partial charge in [0, 0.05) is 23.3 Å². The first kappa shape index (κ1) is 16.1. The van der Waals surface area contributed by atoms with E-state index in [2.05, 4.69) is 21.8 Å². The summed E-state index contributed by atoms with van der Waals surface area (Å²) in [5.74, 6) is -0.0823. The Morgan fingerprint density at radius 3 is 2.89 bits per heavy atom. The lowest BCUT2D eigenvalue weighted by atomic mass is 10.1. The van der Waals surface area contributed by atoms with Gasteiger partial charge in [0.05, 0.1) is 16.3 Å². The van der Waals surface area contributed by atoms with Crippen LogP contribution in [0.2, 0.25) is 0 Å². The lowest BCUT2D eigenvalue weighted by Crippen LogP contribution is -2.10. The monoisotopic (exact) mass is 374 g/mol. The summed E-state index contributed by atoms with van der Waals surface area (Å²) >= 11 is 1.47. The van der Waals surface area contributed by atoms with Gasteiger partial charge in [-0.05, 0) is 55.3 Å². The van der Waals surface area contributed by atoms with Gasteiger partial charge in [0.2, 0.25) is 0 Å². The summed E-state index contributed by atoms with van der Waals surface area (Å²) in [4.78, 5) is 14.5. The summed E-state index contributed by atoms with van der Waals surface area (Å²) in [5.41, 5.74) is 5.16. The predicted molar refractivity (Wildman–Crippen MR) is 110 cm³/mol. The molecule has 1 aliphatic rings. The Hall–Kier alpha value is -3.12. The molecule has 0 saturated heterocycles. The van der Waals surface area contributed by atoms with Crippen LogP contribution in [0.15, 0.2) is 54.6 Å². The largest absolute Gasteiger partial charge is 0.384 e. The number of hydrogen-bond acceptors (Lipinski definition) is 4. The number of benzene rings is 2. The average molecular weight is 374 g/mol. The number of anilines is 2. The van der Waals surface area contributed by atoms with Gasteiger partial charge in [-0.25, -0.2) is 4.68 Å². The van der Waals surface area contributed by atoms with E-state index in [1.54, 1.807) is 0 Å². The maximum atomic E-state index is 12.8. The molecule has 5 rings (SSSR count). The minimum absolute atomic E-state index is 0.0823. The van der Waals surface area contributed by atoms with Crippen LogP contribution in [0.3, 0.4) is 0 Å². The number of thiophene rings is 1. The van der Waals surface area contributed by atoms with Crippen LogP contribution >= 0.6 is 11.3 Å². The Labute approximate surface area is 160 Å². The second kappa shape index (κ2) is 6.25. The number of carbonyl (C=O) groups excluding carboxylic acids is 1. The fraction of sp³-hybridized carbons (Fsp3) is 0.143. The topological polar surface area (TPSA) is 59.0 Å². The predicted octanol–water partition coefficient (Wildman–Crippen LogP) is 4.62. The summed E-state index contributed by atoms with van der Waals surface area (Å²) in [6, 6.07) is 18.0. The molecule has 0 unspecified atom stereocenters. The number of carbonyl (C=O) groups is 1. The number of para-hydroxylation sites is 1. The molecule has 0 bridgehead atoms. The van der Waals surface area contributed by atoms with Crippen molar-refractivity contribution >= 4 is 38.8 Å². The van der Waals surface area contributed by atoms with Gasteiger partial charge < -0.3 is 10.6 Å². The summed E-state index contributed by atoms with van der Waals surface area (Å²) in [7, 11) is 0. The third-order valence-corrected chi connectivity index (χ3v) is 5.95. The van der Waals surface area contributed by atoms with E-state index in [-0.39, 0.29) is 5.91 Å². The fourth-order valence-corrected chi connectivity index (χ4v) is 4.56. The van der Waals surface area contributed by atoms with Crippen LogP contribution in [-0.4, -0.2) is 22.2 Å². The van der Waals surface area contributed by atoms with Crippen LogP contribution in [0.5, 0.6) is 0 Å². The maximum absolute atomic E-state index is 12.8. The van der Waals surface area contributed by atoms with E-state index in [9.17, 15) is 4.79 Å². The summed E-state index contributed by atoms with van der Waals surface area (Å²) in [6.07, 6.45) is 0.994. The Kier molecular flexibility index (Phi) is 3.72. The molecule has 5 nitrogen and oxygen atoms in total. The molecule has 27 heavy (non-hydrogen) atoms. The van der Waals surface area contributed by atoms with Gasteiger partial charge in [0.1, 0.15) is 4.83 Å². The van der Waals surface area contributed by atoms with E-state index in [0.717, 1.165) is 45.9 Å². The van der Waals surface area contributed by atoms with Crippen LogP contribution in [0, 0.1) is 6.92 Å². The molecule has 0 fully saturated rings. The molecule has 4 aromatic rings. The molecule has 0 aliphatic carbocycles. The van der Waals surface area contributed by atoms with E-state index in [1.165, 1.54) is 16.9 Å². The molecule has 0 radical (unpaired) electrons. The van der Waals surface area contributed by atoms with Crippen LogP contribution < -0.4 is 10.6 Å². The van der Waals surface area contributed by atoms with Crippen molar-refractivity contribution in [2.24, 2.45) is 0 Å². The van der Waals surface area contributed by atoms with E-state index in [4.69, 9.17) is 0 Å². The number of nitrogens with zero attached hydrogens (tertiary/aromatic N) is 2. The van der Waals surface area contributed by atoms with Crippen molar-refractivity contribution in [1.29, 1.82) is 0 Å². The van der Waals surface area contributed by atoms with Crippen LogP contribution in [-0.2, 0) is 6.42 Å². The van der Waals surface area contributed by atoms with E-state index in [1.807, 2.05) is 60.1 Å². The quantitative estimate of drug-likeness (QED) is 0.550. The van der Waals surface area contributed by atoms with Crippen LogP contribution in [0.25, 0.3) is 15.9 Å². The summed E-state index contributed by atoms with van der Waals surface area (Å²) in [5, 5.41) is 12.0. The third-order valence-electron chi connectivity index (χ3n) is 4.84. The number of nitrogens with one attached hydrogen (secondary N) is 2. The third kappa shape index (κ3) is 2.78. The van der Waals surface area contributed by atoms with Crippen molar-refractivity contribution in [2.45, 2.75) is 13.3 Å². The van der Waals surface area contributed by atoms with Crippen molar-refractivity contribution < 1.29 is 4.79 Å². The van der Waals surface area contributed by atoms with Gasteiger partial charge in [-0.1, -0.05) is 18.2 Å². The SMILES string of the molecule is Cc1nn(-c2ccccc2)c2sc(C(=O)Nc3ccc4c(c3)CCN4)cc12. The first-order valence-corrected chi connectivity index (χ1v) is 9.73. The molecule has 0 atom stereocenters. The molecule has 2 N–H and O–H groups in total. The van der Waals surface area contributed by atoms with Gasteiger partial charge >= 0.3 is 0 Å². The fourth-order valence-electron chi connectivity index (χ4n) is 3.48. The Bertz CT molecular complexity index is 1160. The highest BCUT2D eigenvalue weighted by Crippen LogP contribution is 2.31. The summed E-state index contributed by atoms with van der Waals surface area (Å²) in [6.45, 7) is 2.93. The van der Waals surface area contributed by atoms with Crippen molar-refractivity contribution in [1.82, 2.24) is 9.78 Å². The zero-order valence-electron chi connectivity index (χ0n) is 14.8. The Morgan fingerprint density at radius 1 is 1.19 bits per heavy atom. The zero-order valence-corrected chi connectivity index (χ0v) is 15.6. The van der Waals surface area contributed by atoms with E-state index < -0.39 is 0 Å². The Balaban J connectivity index is 1.47. The van der Waals surface area contributed by atoms with E-state index in [0.29, 0.717) is 4.88 Å². The standard InChI is InChI=1S/C21H18N4OS/c1-13-17-12-19(27-21(17)25(24-13)16-5-3-2-4-6-16)20(26)23-15-7-8-18-14(11-15)9-10-22-18/h2-8,11-12,22H,9-10H2,1H3,(H,23,26). The van der Waals surface area contributed by atoms with Gasteiger partial charge in [-0.3, -0.25) is 4.79 Å². The molecule has 134 valence electrons. The molecule has 6 heteroatoms. The highest BCUT2D eigenvalue weighted by molar-refractivity contribution is 7.20. The second-order valence-electron chi connectivity index (χ2n) is 6.67. The minimum atomic E-state index is -0.0823. The Morgan fingerprint density at radius 2 is 2.04 bits per heavy atom. The normalized spacial score (nSPS) is 12.8. The van der Waals surface area contributed by atoms with Crippen molar-refractivity contribution in [3.05, 3.63) is 70.7 Å². The van der Waals surface area contributed by atoms with Crippen molar-refractivity contribution in [3.8, 4) is 5.69 Å². The number of hydrogen-bond donors (Lipinski definition) is 2. The highest BCUT2D eigenvalue weighted by atomic mass is 32.1. The van der Waals surface area contributed by atoms with Crippen molar-refractivity contribution in [2.75, 3.05) is 17.2 Å². The number of fused-ring (bicyclic) bond motifs is 2. The summed E-state index contributed by atoms with van der Waals surface area (Å²) < 4.78 is 1.91. The minimum Gasteiger partial charge on any atom is -0.384 e. The highest BCUT2D eigenvalue weighted by Gasteiger charge is 2.18. The molecule has 2 aromatic heterocycles. The first-order valence-electron chi connectivity index (χ1n) is 8.92. The second-order valence-corrected chi connectivity index (χ2v) is 7.70. The average Bonchev–Trinajstić information content (AvgIpc) is 3.38. The molecule has 1 aliphatic heterocycles. The smallest absolute Gasteiger partial charge is 0.265 e. The molecular formula is C21H18N4OS. The van der Waals surface area contributed by atoms with Crippen molar-refractivity contribution in [3.63, 3.8) is 0 Å². The molecule has 1 amide bonds. The lowest BCUT2D eigenvalue weighted by molar-refractivity contribution is 0.103. The number of rotatable bonds is 3.